The van der Waals surface area contributed by atoms with Gasteiger partial charge in [-0.2, -0.15) is 15.2 Å². The Labute approximate surface area is 283 Å². The Morgan fingerprint density at radius 2 is 1.96 bits per heavy atom. The fourth-order valence-electron chi connectivity index (χ4n) is 6.98. The molecule has 10 nitrogen and oxygen atoms in total. The van der Waals surface area contributed by atoms with Crippen LogP contribution < -0.4 is 14.4 Å². The molecule has 0 aliphatic carbocycles. The van der Waals surface area contributed by atoms with Gasteiger partial charge in [0.25, 0.3) is 5.91 Å². The van der Waals surface area contributed by atoms with Gasteiger partial charge in [0.1, 0.15) is 18.2 Å². The van der Waals surface area contributed by atoms with Crippen molar-refractivity contribution in [2.75, 3.05) is 64.6 Å². The number of carbonyl (C=O) groups is 1. The van der Waals surface area contributed by atoms with Crippen molar-refractivity contribution in [3.05, 3.63) is 65.5 Å². The molecule has 0 spiro atoms. The van der Waals surface area contributed by atoms with E-state index in [4.69, 9.17) is 35.8 Å². The lowest BCUT2D eigenvalue weighted by molar-refractivity contribution is -0.131. The third kappa shape index (κ3) is 6.00. The van der Waals surface area contributed by atoms with Crippen LogP contribution >= 0.6 is 11.6 Å². The van der Waals surface area contributed by atoms with E-state index in [1.165, 1.54) is 4.90 Å². The first kappa shape index (κ1) is 32.1. The third-order valence-electron chi connectivity index (χ3n) is 9.50. The number of rotatable bonds is 7. The summed E-state index contributed by atoms with van der Waals surface area (Å²) in [5.41, 5.74) is 3.64. The number of carbonyl (C=O) groups excluding carboxylic acids is 1. The number of nitriles is 1. The van der Waals surface area contributed by atoms with Gasteiger partial charge in [0.2, 0.25) is 0 Å². The number of piperazine rings is 1. The summed E-state index contributed by atoms with van der Waals surface area (Å²) in [6.07, 6.45) is 1.65. The van der Waals surface area contributed by atoms with Crippen molar-refractivity contribution in [2.45, 2.75) is 31.3 Å². The molecule has 0 bridgehead atoms. The van der Waals surface area contributed by atoms with Gasteiger partial charge in [-0.3, -0.25) is 9.69 Å². The minimum Gasteiger partial charge on any atom is -0.492 e. The molecule has 48 heavy (non-hydrogen) atoms. The molecule has 0 N–H and O–H groups in total. The quantitative estimate of drug-likeness (QED) is 0.234. The lowest BCUT2D eigenvalue weighted by Crippen LogP contribution is -2.55. The molecule has 0 unspecified atom stereocenters. The maximum absolute atomic E-state index is 14.0. The van der Waals surface area contributed by atoms with E-state index >= 15 is 0 Å². The van der Waals surface area contributed by atoms with E-state index in [1.807, 2.05) is 42.3 Å². The summed E-state index contributed by atoms with van der Waals surface area (Å²) >= 11 is 6.81. The first-order valence-corrected chi connectivity index (χ1v) is 16.6. The molecule has 3 aromatic carbocycles. The van der Waals surface area contributed by atoms with Crippen molar-refractivity contribution < 1.29 is 23.4 Å². The van der Waals surface area contributed by atoms with Crippen molar-refractivity contribution in [1.29, 1.82) is 5.26 Å². The SMILES string of the molecule is C=C(F)C(=O)N1CCN(c2nc(OC[C@@H]3COCCN3C)nc3cc(-c4cccc5cccc(Cl)c45)c4c(c23)OCCC4)C[C@@H]1CC#N. The average Bonchev–Trinajstić information content (AvgIpc) is 3.10. The van der Waals surface area contributed by atoms with Gasteiger partial charge in [0.15, 0.2) is 5.83 Å². The second kappa shape index (κ2) is 13.5. The maximum Gasteiger partial charge on any atom is 0.319 e. The van der Waals surface area contributed by atoms with Gasteiger partial charge >= 0.3 is 6.01 Å². The standard InChI is InChI=1S/C36H36ClFN6O4/c1-22(38)35(45)44-14-13-43(19-24(44)11-12-39)34-32-30(40-36(41-34)48-21-25-20-46-17-15-42(25)2)18-28(27-9-5-16-47-33(27)32)26-8-3-6-23-7-4-10-29(37)31(23)26/h3-4,6-8,10,18,24-25H,1,5,9,11,13-17,19-21H2,2H3/t24-,25-/m0/s1. The van der Waals surface area contributed by atoms with Gasteiger partial charge in [-0.1, -0.05) is 48.5 Å². The van der Waals surface area contributed by atoms with Crippen LogP contribution in [0, 0.1) is 11.3 Å². The summed E-state index contributed by atoms with van der Waals surface area (Å²) in [6.45, 7) is 6.86. The summed E-state index contributed by atoms with van der Waals surface area (Å²) in [5, 5.41) is 13.0. The molecule has 248 valence electrons. The predicted octanol–water partition coefficient (Wildman–Crippen LogP) is 5.55. The molecule has 1 aromatic heterocycles. The second-order valence-electron chi connectivity index (χ2n) is 12.4. The predicted molar refractivity (Wildman–Crippen MR) is 182 cm³/mol. The van der Waals surface area contributed by atoms with Crippen LogP contribution in [-0.2, 0) is 16.0 Å². The lowest BCUT2D eigenvalue weighted by Gasteiger charge is -2.41. The molecule has 2 atom stereocenters. The van der Waals surface area contributed by atoms with Crippen LogP contribution in [0.25, 0.3) is 32.8 Å². The Kier molecular flexibility index (Phi) is 9.05. The topological polar surface area (TPSA) is 104 Å². The van der Waals surface area contributed by atoms with Crippen LogP contribution in [0.3, 0.4) is 0 Å². The van der Waals surface area contributed by atoms with Gasteiger partial charge in [-0.05, 0) is 48.5 Å². The molecular formula is C36H36ClFN6O4. The van der Waals surface area contributed by atoms with Crippen LogP contribution in [0.15, 0.2) is 54.9 Å². The summed E-state index contributed by atoms with van der Waals surface area (Å²) in [6, 6.07) is 15.9. The number of benzene rings is 3. The fourth-order valence-corrected chi connectivity index (χ4v) is 7.27. The zero-order valence-electron chi connectivity index (χ0n) is 26.8. The van der Waals surface area contributed by atoms with Crippen LogP contribution in [0.2, 0.25) is 5.02 Å². The third-order valence-corrected chi connectivity index (χ3v) is 9.81. The van der Waals surface area contributed by atoms with Gasteiger partial charge in [0, 0.05) is 42.2 Å². The summed E-state index contributed by atoms with van der Waals surface area (Å²) in [4.78, 5) is 28.2. The number of morpholine rings is 1. The lowest BCUT2D eigenvalue weighted by atomic mass is 9.89. The first-order valence-electron chi connectivity index (χ1n) is 16.2. The molecule has 12 heteroatoms. The molecule has 2 saturated heterocycles. The number of fused-ring (bicyclic) bond motifs is 4. The Hall–Kier alpha value is -4.50. The number of anilines is 1. The smallest absolute Gasteiger partial charge is 0.319 e. The Morgan fingerprint density at radius 3 is 2.75 bits per heavy atom. The van der Waals surface area contributed by atoms with Crippen molar-refractivity contribution in [3.8, 4) is 29.0 Å². The van der Waals surface area contributed by atoms with E-state index in [9.17, 15) is 14.4 Å². The normalized spacial score (nSPS) is 19.9. The Morgan fingerprint density at radius 1 is 1.12 bits per heavy atom. The highest BCUT2D eigenvalue weighted by Crippen LogP contribution is 2.46. The Balaban J connectivity index is 1.39. The monoisotopic (exact) mass is 670 g/mol. The highest BCUT2D eigenvalue weighted by molar-refractivity contribution is 6.36. The summed E-state index contributed by atoms with van der Waals surface area (Å²) in [7, 11) is 2.04. The summed E-state index contributed by atoms with van der Waals surface area (Å²) in [5.74, 6) is -0.565. The number of hydrogen-bond donors (Lipinski definition) is 0. The van der Waals surface area contributed by atoms with Gasteiger partial charge < -0.3 is 24.0 Å². The average molecular weight is 671 g/mol. The largest absolute Gasteiger partial charge is 0.492 e. The van der Waals surface area contributed by atoms with E-state index in [2.05, 4.69) is 29.7 Å². The van der Waals surface area contributed by atoms with E-state index < -0.39 is 17.8 Å². The number of aromatic nitrogens is 2. The fraction of sp³-hybridized carbons (Fsp3) is 0.389. The Bertz CT molecular complexity index is 1940. The van der Waals surface area contributed by atoms with Crippen LogP contribution in [-0.4, -0.2) is 97.4 Å². The van der Waals surface area contributed by atoms with Gasteiger partial charge in [0.05, 0.1) is 55.3 Å². The maximum atomic E-state index is 14.0. The van der Waals surface area contributed by atoms with Crippen molar-refractivity contribution >= 4 is 45.0 Å². The number of amides is 1. The van der Waals surface area contributed by atoms with Crippen molar-refractivity contribution in [3.63, 3.8) is 0 Å². The first-order chi connectivity index (χ1) is 23.3. The number of halogens is 2. The minimum absolute atomic E-state index is 0.0243. The molecule has 3 aliphatic rings. The van der Waals surface area contributed by atoms with E-state index in [0.717, 1.165) is 52.2 Å². The molecule has 0 radical (unpaired) electrons. The molecule has 1 amide bonds. The highest BCUT2D eigenvalue weighted by atomic mass is 35.5. The number of likely N-dealkylation sites (N-methyl/N-ethyl adjacent to an activating group) is 1. The van der Waals surface area contributed by atoms with E-state index in [0.29, 0.717) is 55.1 Å². The zero-order valence-corrected chi connectivity index (χ0v) is 27.5. The highest BCUT2D eigenvalue weighted by Gasteiger charge is 2.35. The van der Waals surface area contributed by atoms with Gasteiger partial charge in [-0.15, -0.1) is 0 Å². The molecule has 4 heterocycles. The van der Waals surface area contributed by atoms with Crippen LogP contribution in [0.4, 0.5) is 10.2 Å². The number of nitrogens with zero attached hydrogens (tertiary/aromatic N) is 6. The molecule has 4 aromatic rings. The van der Waals surface area contributed by atoms with E-state index in [-0.39, 0.29) is 31.6 Å². The number of ether oxygens (including phenoxy) is 3. The molecular weight excluding hydrogens is 635 g/mol. The number of hydrogen-bond acceptors (Lipinski definition) is 9. The van der Waals surface area contributed by atoms with Crippen molar-refractivity contribution in [2.24, 2.45) is 0 Å². The van der Waals surface area contributed by atoms with Crippen LogP contribution in [0.1, 0.15) is 18.4 Å². The molecule has 7 rings (SSSR count). The van der Waals surface area contributed by atoms with E-state index in [1.54, 1.807) is 0 Å². The van der Waals surface area contributed by atoms with Crippen LogP contribution in [0.5, 0.6) is 11.8 Å². The molecule has 2 fully saturated rings. The van der Waals surface area contributed by atoms with Gasteiger partial charge in [-0.25, -0.2) is 4.39 Å². The second-order valence-corrected chi connectivity index (χ2v) is 12.8. The molecule has 0 saturated carbocycles. The van der Waals surface area contributed by atoms with Crippen molar-refractivity contribution in [1.82, 2.24) is 19.8 Å². The molecule has 3 aliphatic heterocycles. The minimum atomic E-state index is -1.05. The zero-order chi connectivity index (χ0) is 33.4. The summed E-state index contributed by atoms with van der Waals surface area (Å²) < 4.78 is 32.4.